The number of aromatic nitrogens is 2. The summed E-state index contributed by atoms with van der Waals surface area (Å²) in [6.45, 7) is 0.0829. The van der Waals surface area contributed by atoms with E-state index in [2.05, 4.69) is 9.97 Å². The van der Waals surface area contributed by atoms with Gasteiger partial charge in [-0.1, -0.05) is 6.07 Å². The summed E-state index contributed by atoms with van der Waals surface area (Å²) in [5.74, 6) is -0.226. The first-order chi connectivity index (χ1) is 6.72. The number of benzene rings is 1. The van der Waals surface area contributed by atoms with Gasteiger partial charge in [-0.05, 0) is 12.1 Å². The lowest BCUT2D eigenvalue weighted by Gasteiger charge is -2.00. The number of para-hydroxylation sites is 1. The highest BCUT2D eigenvalue weighted by atomic mass is 19.1. The zero-order valence-corrected chi connectivity index (χ0v) is 7.25. The van der Waals surface area contributed by atoms with Crippen LogP contribution in [-0.4, -0.2) is 9.97 Å². The fourth-order valence-corrected chi connectivity index (χ4v) is 1.27. The van der Waals surface area contributed by atoms with Gasteiger partial charge in [0.25, 0.3) is 5.56 Å². The van der Waals surface area contributed by atoms with Gasteiger partial charge < -0.3 is 10.7 Å². The molecule has 2 aromatic rings. The van der Waals surface area contributed by atoms with Crippen LogP contribution in [0.3, 0.4) is 0 Å². The lowest BCUT2D eigenvalue weighted by Crippen LogP contribution is -2.14. The van der Waals surface area contributed by atoms with Crippen LogP contribution in [-0.2, 0) is 6.54 Å². The van der Waals surface area contributed by atoms with Crippen LogP contribution in [0.5, 0.6) is 0 Å². The van der Waals surface area contributed by atoms with Crippen molar-refractivity contribution in [3.63, 3.8) is 0 Å². The van der Waals surface area contributed by atoms with E-state index in [1.807, 2.05) is 0 Å². The maximum absolute atomic E-state index is 13.2. The largest absolute Gasteiger partial charge is 0.324 e. The van der Waals surface area contributed by atoms with E-state index in [9.17, 15) is 9.18 Å². The zero-order valence-electron chi connectivity index (χ0n) is 7.25. The fraction of sp³-hybridized carbons (Fsp3) is 0.111. The molecule has 0 saturated heterocycles. The van der Waals surface area contributed by atoms with Crippen LogP contribution < -0.4 is 11.3 Å². The van der Waals surface area contributed by atoms with Crippen LogP contribution in [0.15, 0.2) is 23.0 Å². The van der Waals surface area contributed by atoms with Crippen molar-refractivity contribution in [2.24, 2.45) is 5.73 Å². The third-order valence-corrected chi connectivity index (χ3v) is 1.93. The second-order valence-electron chi connectivity index (χ2n) is 2.85. The summed E-state index contributed by atoms with van der Waals surface area (Å²) < 4.78 is 13.2. The monoisotopic (exact) mass is 193 g/mol. The topological polar surface area (TPSA) is 71.8 Å². The lowest BCUT2D eigenvalue weighted by molar-refractivity contribution is 0.635. The van der Waals surface area contributed by atoms with E-state index in [4.69, 9.17) is 5.73 Å². The van der Waals surface area contributed by atoms with Gasteiger partial charge in [0, 0.05) is 0 Å². The molecule has 0 fully saturated rings. The molecule has 0 radical (unpaired) electrons. The molecule has 14 heavy (non-hydrogen) atoms. The Labute approximate surface area is 78.6 Å². The number of fused-ring (bicyclic) bond motifs is 1. The number of rotatable bonds is 1. The average molecular weight is 193 g/mol. The molecular weight excluding hydrogens is 185 g/mol. The van der Waals surface area contributed by atoms with Crippen molar-refractivity contribution < 1.29 is 4.39 Å². The van der Waals surface area contributed by atoms with E-state index in [-0.39, 0.29) is 28.8 Å². The Bertz CT molecular complexity index is 535. The van der Waals surface area contributed by atoms with Crippen LogP contribution in [0.2, 0.25) is 0 Å². The van der Waals surface area contributed by atoms with Gasteiger partial charge in [-0.25, -0.2) is 9.37 Å². The average Bonchev–Trinajstić information content (AvgIpc) is 2.19. The summed E-state index contributed by atoms with van der Waals surface area (Å²) in [5, 5.41) is 0.238. The van der Waals surface area contributed by atoms with Gasteiger partial charge in [0.05, 0.1) is 11.9 Å². The summed E-state index contributed by atoms with van der Waals surface area (Å²) in [6, 6.07) is 4.25. The standard InChI is InChI=1S/C9H8FN3O/c10-6-3-1-2-5-8(6)12-7(4-11)13-9(5)14/h1-3H,4,11H2,(H,12,13,14). The maximum atomic E-state index is 13.2. The molecule has 0 aliphatic rings. The highest BCUT2D eigenvalue weighted by Gasteiger charge is 2.06. The number of aromatic amines is 1. The van der Waals surface area contributed by atoms with E-state index in [1.165, 1.54) is 18.2 Å². The number of nitrogens with one attached hydrogen (secondary N) is 1. The Hall–Kier alpha value is -1.75. The van der Waals surface area contributed by atoms with E-state index < -0.39 is 5.82 Å². The van der Waals surface area contributed by atoms with E-state index in [1.54, 1.807) is 0 Å². The number of nitrogens with two attached hydrogens (primary N) is 1. The van der Waals surface area contributed by atoms with Crippen molar-refractivity contribution in [2.45, 2.75) is 6.54 Å². The molecule has 1 aromatic heterocycles. The summed E-state index contributed by atoms with van der Waals surface area (Å²) in [4.78, 5) is 17.8. The normalized spacial score (nSPS) is 10.7. The first-order valence-electron chi connectivity index (χ1n) is 4.10. The first kappa shape index (κ1) is 8.83. The Morgan fingerprint density at radius 3 is 3.00 bits per heavy atom. The second-order valence-corrected chi connectivity index (χ2v) is 2.85. The van der Waals surface area contributed by atoms with Crippen LogP contribution in [0.25, 0.3) is 10.9 Å². The smallest absolute Gasteiger partial charge is 0.258 e. The molecule has 0 atom stereocenters. The Morgan fingerprint density at radius 2 is 2.29 bits per heavy atom. The quantitative estimate of drug-likeness (QED) is 0.693. The number of H-pyrrole nitrogens is 1. The molecule has 0 unspecified atom stereocenters. The SMILES string of the molecule is NCc1nc2c(F)cccc2c(=O)[nH]1. The maximum Gasteiger partial charge on any atom is 0.258 e. The van der Waals surface area contributed by atoms with Gasteiger partial charge in [0.15, 0.2) is 0 Å². The fourth-order valence-electron chi connectivity index (χ4n) is 1.27. The number of nitrogens with zero attached hydrogens (tertiary/aromatic N) is 1. The Morgan fingerprint density at radius 1 is 1.50 bits per heavy atom. The van der Waals surface area contributed by atoms with E-state index in [0.29, 0.717) is 0 Å². The Kier molecular flexibility index (Phi) is 2.01. The van der Waals surface area contributed by atoms with Gasteiger partial charge in [-0.3, -0.25) is 4.79 Å². The molecule has 1 aromatic carbocycles. The predicted octanol–water partition coefficient (Wildman–Crippen LogP) is 0.521. The molecule has 4 nitrogen and oxygen atoms in total. The highest BCUT2D eigenvalue weighted by molar-refractivity contribution is 5.77. The second kappa shape index (κ2) is 3.19. The lowest BCUT2D eigenvalue weighted by atomic mass is 10.2. The van der Waals surface area contributed by atoms with Crippen molar-refractivity contribution in [3.05, 3.63) is 40.2 Å². The van der Waals surface area contributed by atoms with Crippen LogP contribution in [0, 0.1) is 5.82 Å². The number of hydrogen-bond acceptors (Lipinski definition) is 3. The summed E-state index contributed by atoms with van der Waals surface area (Å²) in [6.07, 6.45) is 0. The van der Waals surface area contributed by atoms with E-state index >= 15 is 0 Å². The number of halogens is 1. The molecule has 2 rings (SSSR count). The third-order valence-electron chi connectivity index (χ3n) is 1.93. The van der Waals surface area contributed by atoms with Crippen LogP contribution in [0.4, 0.5) is 4.39 Å². The van der Waals surface area contributed by atoms with Gasteiger partial charge in [-0.15, -0.1) is 0 Å². The zero-order chi connectivity index (χ0) is 10.1. The summed E-state index contributed by atoms with van der Waals surface area (Å²) in [5.41, 5.74) is 5.01. The van der Waals surface area contributed by atoms with Crippen molar-refractivity contribution in [1.29, 1.82) is 0 Å². The molecule has 0 bridgehead atoms. The molecule has 72 valence electrons. The van der Waals surface area contributed by atoms with Gasteiger partial charge in [0.1, 0.15) is 17.2 Å². The number of hydrogen-bond donors (Lipinski definition) is 2. The van der Waals surface area contributed by atoms with Crippen LogP contribution in [0.1, 0.15) is 5.82 Å². The molecule has 0 saturated carbocycles. The van der Waals surface area contributed by atoms with Crippen molar-refractivity contribution in [3.8, 4) is 0 Å². The molecule has 0 spiro atoms. The molecular formula is C9H8FN3O. The molecule has 0 amide bonds. The minimum Gasteiger partial charge on any atom is -0.324 e. The molecule has 1 heterocycles. The summed E-state index contributed by atoms with van der Waals surface area (Å²) >= 11 is 0. The van der Waals surface area contributed by atoms with Crippen molar-refractivity contribution >= 4 is 10.9 Å². The highest BCUT2D eigenvalue weighted by Crippen LogP contribution is 2.10. The minimum absolute atomic E-state index is 0.0664. The van der Waals surface area contributed by atoms with Crippen molar-refractivity contribution in [2.75, 3.05) is 0 Å². The predicted molar refractivity (Wildman–Crippen MR) is 50.2 cm³/mol. The molecule has 0 aliphatic carbocycles. The van der Waals surface area contributed by atoms with Gasteiger partial charge in [-0.2, -0.15) is 0 Å². The van der Waals surface area contributed by atoms with Crippen LogP contribution >= 0.6 is 0 Å². The molecule has 0 aliphatic heterocycles. The first-order valence-corrected chi connectivity index (χ1v) is 4.10. The van der Waals surface area contributed by atoms with Gasteiger partial charge >= 0.3 is 0 Å². The summed E-state index contributed by atoms with van der Waals surface area (Å²) in [7, 11) is 0. The minimum atomic E-state index is -0.511. The third kappa shape index (κ3) is 1.27. The van der Waals surface area contributed by atoms with Gasteiger partial charge in [0.2, 0.25) is 0 Å². The molecule has 3 N–H and O–H groups in total. The Balaban J connectivity index is 2.91. The van der Waals surface area contributed by atoms with Crippen molar-refractivity contribution in [1.82, 2.24) is 9.97 Å². The molecule has 5 heteroatoms. The van der Waals surface area contributed by atoms with E-state index in [0.717, 1.165) is 0 Å².